The summed E-state index contributed by atoms with van der Waals surface area (Å²) in [5.74, 6) is 3.47. The fraction of sp³-hybridized carbons (Fsp3) is 0.320. The predicted octanol–water partition coefficient (Wildman–Crippen LogP) is 3.82. The van der Waals surface area contributed by atoms with Gasteiger partial charge in [-0.15, -0.1) is 0 Å². The van der Waals surface area contributed by atoms with Crippen LogP contribution in [0.25, 0.3) is 0 Å². The summed E-state index contributed by atoms with van der Waals surface area (Å²) in [6.07, 6.45) is 0. The standard InChI is InChI=1S/C25H29N5O3/c1-17-5-7-20(8-6-17)28-23-16-24(27-18(2)26-23)29-9-11-30(12-10-29)25(31)19-13-21(32-3)15-22(14-19)33-4/h5-8,13-16H,9-12H2,1-4H3,(H,26,27,28). The third kappa shape index (κ3) is 5.34. The maximum atomic E-state index is 13.1. The van der Waals surface area contributed by atoms with Crippen molar-refractivity contribution in [2.75, 3.05) is 50.6 Å². The van der Waals surface area contributed by atoms with E-state index >= 15 is 0 Å². The van der Waals surface area contributed by atoms with Gasteiger partial charge in [0.25, 0.3) is 5.91 Å². The molecule has 33 heavy (non-hydrogen) atoms. The first-order valence-corrected chi connectivity index (χ1v) is 10.9. The Hall–Kier alpha value is -3.81. The number of hydrogen-bond donors (Lipinski definition) is 1. The molecule has 1 N–H and O–H groups in total. The quantitative estimate of drug-likeness (QED) is 0.615. The highest BCUT2D eigenvalue weighted by Gasteiger charge is 2.24. The van der Waals surface area contributed by atoms with Gasteiger partial charge in [0.2, 0.25) is 0 Å². The van der Waals surface area contributed by atoms with E-state index in [0.29, 0.717) is 49.1 Å². The molecule has 0 unspecified atom stereocenters. The Morgan fingerprint density at radius 3 is 2.12 bits per heavy atom. The van der Waals surface area contributed by atoms with Gasteiger partial charge in [-0.3, -0.25) is 4.79 Å². The molecule has 0 radical (unpaired) electrons. The van der Waals surface area contributed by atoms with E-state index in [-0.39, 0.29) is 5.91 Å². The Balaban J connectivity index is 1.44. The van der Waals surface area contributed by atoms with Crippen molar-refractivity contribution in [3.8, 4) is 11.5 Å². The Bertz CT molecular complexity index is 1100. The number of nitrogens with zero attached hydrogens (tertiary/aromatic N) is 4. The van der Waals surface area contributed by atoms with E-state index in [0.717, 1.165) is 17.3 Å². The van der Waals surface area contributed by atoms with Gasteiger partial charge >= 0.3 is 0 Å². The second-order valence-corrected chi connectivity index (χ2v) is 8.03. The number of piperazine rings is 1. The number of nitrogens with one attached hydrogen (secondary N) is 1. The minimum atomic E-state index is -0.0348. The van der Waals surface area contributed by atoms with Crippen LogP contribution in [0.4, 0.5) is 17.3 Å². The Morgan fingerprint density at radius 1 is 0.879 bits per heavy atom. The summed E-state index contributed by atoms with van der Waals surface area (Å²) in [5, 5.41) is 3.36. The minimum Gasteiger partial charge on any atom is -0.497 e. The molecule has 8 heteroatoms. The normalized spacial score (nSPS) is 13.6. The Labute approximate surface area is 194 Å². The van der Waals surface area contributed by atoms with Crippen LogP contribution in [0.2, 0.25) is 0 Å². The van der Waals surface area contributed by atoms with Gasteiger partial charge in [-0.1, -0.05) is 17.7 Å². The molecule has 2 heterocycles. The van der Waals surface area contributed by atoms with Gasteiger partial charge in [0.15, 0.2) is 0 Å². The van der Waals surface area contributed by atoms with Crippen molar-refractivity contribution in [1.29, 1.82) is 0 Å². The van der Waals surface area contributed by atoms with E-state index < -0.39 is 0 Å². The fourth-order valence-corrected chi connectivity index (χ4v) is 3.81. The van der Waals surface area contributed by atoms with Crippen LogP contribution in [0.5, 0.6) is 11.5 Å². The fourth-order valence-electron chi connectivity index (χ4n) is 3.81. The van der Waals surface area contributed by atoms with Crippen molar-refractivity contribution in [1.82, 2.24) is 14.9 Å². The molecule has 0 spiro atoms. The van der Waals surface area contributed by atoms with E-state index in [9.17, 15) is 4.79 Å². The smallest absolute Gasteiger partial charge is 0.254 e. The van der Waals surface area contributed by atoms with Gasteiger partial charge < -0.3 is 24.6 Å². The molecular weight excluding hydrogens is 418 g/mol. The molecule has 0 atom stereocenters. The number of carbonyl (C=O) groups is 1. The summed E-state index contributed by atoms with van der Waals surface area (Å²) < 4.78 is 10.6. The van der Waals surface area contributed by atoms with Crippen molar-refractivity contribution < 1.29 is 14.3 Å². The molecule has 172 valence electrons. The zero-order chi connectivity index (χ0) is 23.4. The monoisotopic (exact) mass is 447 g/mol. The lowest BCUT2D eigenvalue weighted by Gasteiger charge is -2.35. The van der Waals surface area contributed by atoms with Gasteiger partial charge in [0.05, 0.1) is 14.2 Å². The number of aryl methyl sites for hydroxylation is 2. The van der Waals surface area contributed by atoms with Gasteiger partial charge in [-0.05, 0) is 38.1 Å². The highest BCUT2D eigenvalue weighted by molar-refractivity contribution is 5.95. The van der Waals surface area contributed by atoms with Gasteiger partial charge in [0, 0.05) is 49.6 Å². The summed E-state index contributed by atoms with van der Waals surface area (Å²) in [6, 6.07) is 15.4. The van der Waals surface area contributed by atoms with Crippen molar-refractivity contribution in [3.05, 3.63) is 65.5 Å². The van der Waals surface area contributed by atoms with E-state index in [1.54, 1.807) is 32.4 Å². The molecule has 1 amide bonds. The molecule has 8 nitrogen and oxygen atoms in total. The maximum absolute atomic E-state index is 13.1. The first-order chi connectivity index (χ1) is 15.9. The van der Waals surface area contributed by atoms with Crippen LogP contribution in [0.15, 0.2) is 48.5 Å². The first kappa shape index (κ1) is 22.4. The van der Waals surface area contributed by atoms with Crippen LogP contribution in [-0.4, -0.2) is 61.2 Å². The molecule has 0 bridgehead atoms. The summed E-state index contributed by atoms with van der Waals surface area (Å²) in [4.78, 5) is 26.3. The average Bonchev–Trinajstić information content (AvgIpc) is 2.84. The van der Waals surface area contributed by atoms with E-state index in [4.69, 9.17) is 9.47 Å². The van der Waals surface area contributed by atoms with Crippen LogP contribution in [0, 0.1) is 13.8 Å². The van der Waals surface area contributed by atoms with Crippen molar-refractivity contribution in [2.45, 2.75) is 13.8 Å². The molecule has 1 aliphatic rings. The number of ether oxygens (including phenoxy) is 2. The number of hydrogen-bond acceptors (Lipinski definition) is 7. The summed E-state index contributed by atoms with van der Waals surface area (Å²) in [6.45, 7) is 6.52. The number of aromatic nitrogens is 2. The second kappa shape index (κ2) is 9.77. The lowest BCUT2D eigenvalue weighted by Crippen LogP contribution is -2.49. The van der Waals surface area contributed by atoms with Gasteiger partial charge in [0.1, 0.15) is 29.0 Å². The molecule has 0 saturated carbocycles. The summed E-state index contributed by atoms with van der Waals surface area (Å²) in [5.41, 5.74) is 2.75. The molecule has 1 fully saturated rings. The maximum Gasteiger partial charge on any atom is 0.254 e. The third-order valence-corrected chi connectivity index (χ3v) is 5.64. The summed E-state index contributed by atoms with van der Waals surface area (Å²) in [7, 11) is 3.15. The highest BCUT2D eigenvalue weighted by Crippen LogP contribution is 2.25. The molecule has 1 aliphatic heterocycles. The Kier molecular flexibility index (Phi) is 6.63. The van der Waals surface area contributed by atoms with Crippen LogP contribution >= 0.6 is 0 Å². The largest absolute Gasteiger partial charge is 0.497 e. The zero-order valence-corrected chi connectivity index (χ0v) is 19.5. The minimum absolute atomic E-state index is 0.0348. The highest BCUT2D eigenvalue weighted by atomic mass is 16.5. The summed E-state index contributed by atoms with van der Waals surface area (Å²) >= 11 is 0. The lowest BCUT2D eigenvalue weighted by molar-refractivity contribution is 0.0745. The number of carbonyl (C=O) groups excluding carboxylic acids is 1. The van der Waals surface area contributed by atoms with E-state index in [2.05, 4.69) is 39.2 Å². The third-order valence-electron chi connectivity index (χ3n) is 5.64. The van der Waals surface area contributed by atoms with Crippen molar-refractivity contribution >= 4 is 23.2 Å². The second-order valence-electron chi connectivity index (χ2n) is 8.03. The number of benzene rings is 2. The Morgan fingerprint density at radius 2 is 1.52 bits per heavy atom. The number of anilines is 3. The van der Waals surface area contributed by atoms with Crippen molar-refractivity contribution in [3.63, 3.8) is 0 Å². The van der Waals surface area contributed by atoms with Crippen molar-refractivity contribution in [2.24, 2.45) is 0 Å². The van der Waals surface area contributed by atoms with Gasteiger partial charge in [-0.25, -0.2) is 9.97 Å². The number of amides is 1. The molecule has 1 aromatic heterocycles. The average molecular weight is 448 g/mol. The molecule has 2 aromatic carbocycles. The van der Waals surface area contributed by atoms with E-state index in [1.807, 2.05) is 30.0 Å². The zero-order valence-electron chi connectivity index (χ0n) is 19.5. The lowest BCUT2D eigenvalue weighted by atomic mass is 10.1. The number of methoxy groups -OCH3 is 2. The molecule has 0 aliphatic carbocycles. The molecular formula is C25H29N5O3. The predicted molar refractivity (Wildman–Crippen MR) is 129 cm³/mol. The van der Waals surface area contributed by atoms with Crippen LogP contribution < -0.4 is 19.7 Å². The number of rotatable bonds is 6. The topological polar surface area (TPSA) is 79.8 Å². The first-order valence-electron chi connectivity index (χ1n) is 10.9. The van der Waals surface area contributed by atoms with Gasteiger partial charge in [-0.2, -0.15) is 0 Å². The van der Waals surface area contributed by atoms with Crippen LogP contribution in [-0.2, 0) is 0 Å². The molecule has 1 saturated heterocycles. The SMILES string of the molecule is COc1cc(OC)cc(C(=O)N2CCN(c3cc(Nc4ccc(C)cc4)nc(C)n3)CC2)c1. The molecule has 4 rings (SSSR count). The van der Waals surface area contributed by atoms with Crippen LogP contribution in [0.3, 0.4) is 0 Å². The van der Waals surface area contributed by atoms with E-state index in [1.165, 1.54) is 5.56 Å². The van der Waals surface area contributed by atoms with Crippen LogP contribution in [0.1, 0.15) is 21.7 Å². The molecule has 3 aromatic rings.